The Balaban J connectivity index is 5.63. The topological polar surface area (TPSA) is 109 Å². The molecule has 0 bridgehead atoms. The van der Waals surface area contributed by atoms with Gasteiger partial charge in [0, 0.05) is 12.8 Å². The van der Waals surface area contributed by atoms with Crippen molar-refractivity contribution in [2.75, 3.05) is 0 Å². The first-order valence-corrected chi connectivity index (χ1v) is 4.89. The van der Waals surface area contributed by atoms with Crippen molar-refractivity contribution in [3.05, 3.63) is 0 Å². The minimum absolute atomic E-state index is 0.246. The van der Waals surface area contributed by atoms with E-state index in [1.54, 1.807) is 6.92 Å². The molecule has 2 N–H and O–H groups in total. The fourth-order valence-electron chi connectivity index (χ4n) is 1.40. The molecule has 0 atom stereocenters. The van der Waals surface area contributed by atoms with Gasteiger partial charge >= 0.3 is 11.9 Å². The zero-order valence-electron chi connectivity index (χ0n) is 9.15. The lowest BCUT2D eigenvalue weighted by Gasteiger charge is -2.21. The molecule has 0 amide bonds. The molecule has 0 aliphatic heterocycles. The van der Waals surface area contributed by atoms with Gasteiger partial charge in [0.15, 0.2) is 11.6 Å². The molecule has 0 fully saturated rings. The predicted molar refractivity (Wildman–Crippen MR) is 52.9 cm³/mol. The van der Waals surface area contributed by atoms with Crippen LogP contribution in [0.5, 0.6) is 0 Å². The van der Waals surface area contributed by atoms with Crippen molar-refractivity contribution in [1.29, 1.82) is 0 Å². The average molecular weight is 230 g/mol. The molecule has 0 spiro atoms. The Morgan fingerprint density at radius 3 is 1.62 bits per heavy atom. The molecule has 16 heavy (non-hydrogen) atoms. The van der Waals surface area contributed by atoms with Crippen molar-refractivity contribution in [3.8, 4) is 0 Å². The van der Waals surface area contributed by atoms with Gasteiger partial charge in [0.2, 0.25) is 0 Å². The van der Waals surface area contributed by atoms with E-state index in [0.29, 0.717) is 0 Å². The highest BCUT2D eigenvalue weighted by Crippen LogP contribution is 2.25. The first-order chi connectivity index (χ1) is 7.35. The minimum atomic E-state index is -2.93. The number of aliphatic carboxylic acids is 2. The van der Waals surface area contributed by atoms with Gasteiger partial charge < -0.3 is 10.2 Å². The van der Waals surface area contributed by atoms with Gasteiger partial charge in [-0.2, -0.15) is 0 Å². The van der Waals surface area contributed by atoms with Crippen molar-refractivity contribution in [2.45, 2.75) is 33.1 Å². The highest BCUT2D eigenvalue weighted by molar-refractivity contribution is 6.35. The second kappa shape index (κ2) is 5.39. The van der Waals surface area contributed by atoms with E-state index < -0.39 is 28.9 Å². The van der Waals surface area contributed by atoms with Crippen molar-refractivity contribution in [2.24, 2.45) is 5.41 Å². The maximum absolute atomic E-state index is 11.6. The normalized spacial score (nSPS) is 10.9. The summed E-state index contributed by atoms with van der Waals surface area (Å²) in [6.45, 7) is 2.92. The predicted octanol–water partition coefficient (Wildman–Crippen LogP) is 0.490. The van der Waals surface area contributed by atoms with Crippen LogP contribution >= 0.6 is 0 Å². The molecule has 0 aromatic heterocycles. The lowest BCUT2D eigenvalue weighted by atomic mass is 9.76. The van der Waals surface area contributed by atoms with Gasteiger partial charge in [0.05, 0.1) is 0 Å². The summed E-state index contributed by atoms with van der Waals surface area (Å²) < 4.78 is 0. The quantitative estimate of drug-likeness (QED) is 0.616. The van der Waals surface area contributed by atoms with E-state index in [1.807, 2.05) is 0 Å². The molecule has 90 valence electrons. The molecule has 6 heteroatoms. The Kier molecular flexibility index (Phi) is 4.81. The lowest BCUT2D eigenvalue weighted by Crippen LogP contribution is -2.52. The van der Waals surface area contributed by atoms with Gasteiger partial charge in [-0.05, 0) is 6.42 Å². The summed E-state index contributed by atoms with van der Waals surface area (Å²) >= 11 is 0. The van der Waals surface area contributed by atoms with E-state index in [9.17, 15) is 19.2 Å². The summed E-state index contributed by atoms with van der Waals surface area (Å²) in [7, 11) is 0. The fraction of sp³-hybridized carbons (Fsp3) is 0.600. The van der Waals surface area contributed by atoms with Gasteiger partial charge in [-0.1, -0.05) is 13.8 Å². The van der Waals surface area contributed by atoms with Crippen LogP contribution in [0.15, 0.2) is 0 Å². The summed E-state index contributed by atoms with van der Waals surface area (Å²) in [5.74, 6) is -5.98. The van der Waals surface area contributed by atoms with Crippen LogP contribution in [0.4, 0.5) is 0 Å². The van der Waals surface area contributed by atoms with Crippen LogP contribution in [-0.4, -0.2) is 33.7 Å². The molecule has 6 nitrogen and oxygen atoms in total. The summed E-state index contributed by atoms with van der Waals surface area (Å²) in [6.07, 6.45) is -0.267. The molecule has 0 aromatic carbocycles. The standard InChI is InChI=1S/C10H14O6/c1-3-5-7(12)10(8(13)14,9(15)16)6(11)4-2/h3-5H2,1-2H3,(H,13,14)(H,15,16). The first-order valence-electron chi connectivity index (χ1n) is 4.89. The van der Waals surface area contributed by atoms with Crippen LogP contribution in [0.1, 0.15) is 33.1 Å². The molecule has 0 aliphatic rings. The first kappa shape index (κ1) is 14.3. The van der Waals surface area contributed by atoms with Gasteiger partial charge in [0.1, 0.15) is 0 Å². The molecule has 0 aromatic rings. The van der Waals surface area contributed by atoms with Gasteiger partial charge in [-0.25, -0.2) is 0 Å². The highest BCUT2D eigenvalue weighted by Gasteiger charge is 2.58. The van der Waals surface area contributed by atoms with Crippen LogP contribution in [0.25, 0.3) is 0 Å². The Labute approximate surface area is 92.3 Å². The van der Waals surface area contributed by atoms with Crippen molar-refractivity contribution in [3.63, 3.8) is 0 Å². The van der Waals surface area contributed by atoms with Gasteiger partial charge in [-0.15, -0.1) is 0 Å². The summed E-state index contributed by atoms with van der Waals surface area (Å²) in [6, 6.07) is 0. The molecule has 0 rings (SSSR count). The van der Waals surface area contributed by atoms with Crippen molar-refractivity contribution in [1.82, 2.24) is 0 Å². The Morgan fingerprint density at radius 2 is 1.38 bits per heavy atom. The third kappa shape index (κ3) is 2.10. The summed E-state index contributed by atoms with van der Waals surface area (Å²) in [5.41, 5.74) is -2.93. The number of hydrogen-bond donors (Lipinski definition) is 2. The van der Waals surface area contributed by atoms with Crippen molar-refractivity contribution >= 4 is 23.5 Å². The van der Waals surface area contributed by atoms with Crippen LogP contribution in [0, 0.1) is 5.41 Å². The Morgan fingerprint density at radius 1 is 0.938 bits per heavy atom. The average Bonchev–Trinajstić information content (AvgIpc) is 2.17. The maximum Gasteiger partial charge on any atom is 0.336 e. The number of Topliss-reactive ketones (excluding diaryl/α,β-unsaturated/α-hetero) is 2. The number of ketones is 2. The molecule has 0 saturated carbocycles. The van der Waals surface area contributed by atoms with Crippen LogP contribution < -0.4 is 0 Å². The third-order valence-corrected chi connectivity index (χ3v) is 2.28. The molecule has 0 aliphatic carbocycles. The maximum atomic E-state index is 11.6. The van der Waals surface area contributed by atoms with Gasteiger partial charge in [-0.3, -0.25) is 19.2 Å². The molecular formula is C10H14O6. The van der Waals surface area contributed by atoms with Crippen LogP contribution in [0.3, 0.4) is 0 Å². The molecule has 0 radical (unpaired) electrons. The van der Waals surface area contributed by atoms with E-state index in [1.165, 1.54) is 6.92 Å². The molecule has 0 saturated heterocycles. The smallest absolute Gasteiger partial charge is 0.336 e. The highest BCUT2D eigenvalue weighted by atomic mass is 16.4. The second-order valence-electron chi connectivity index (χ2n) is 3.31. The zero-order valence-corrected chi connectivity index (χ0v) is 9.15. The number of carboxylic acids is 2. The fourth-order valence-corrected chi connectivity index (χ4v) is 1.40. The van der Waals surface area contributed by atoms with E-state index >= 15 is 0 Å². The van der Waals surface area contributed by atoms with E-state index in [0.717, 1.165) is 0 Å². The molecular weight excluding hydrogens is 216 g/mol. The SMILES string of the molecule is CCCC(=O)C(C(=O)O)(C(=O)O)C(=O)CC. The van der Waals surface area contributed by atoms with Crippen molar-refractivity contribution < 1.29 is 29.4 Å². The largest absolute Gasteiger partial charge is 0.480 e. The Bertz CT molecular complexity index is 316. The van der Waals surface area contributed by atoms with E-state index in [2.05, 4.69) is 0 Å². The third-order valence-electron chi connectivity index (χ3n) is 2.28. The van der Waals surface area contributed by atoms with E-state index in [4.69, 9.17) is 10.2 Å². The number of carbonyl (C=O) groups is 4. The van der Waals surface area contributed by atoms with Crippen LogP contribution in [-0.2, 0) is 19.2 Å². The van der Waals surface area contributed by atoms with Crippen LogP contribution in [0.2, 0.25) is 0 Å². The summed E-state index contributed by atoms with van der Waals surface area (Å²) in [5, 5.41) is 17.7. The number of carboxylic acid groups (broad SMARTS) is 2. The number of hydrogen-bond acceptors (Lipinski definition) is 4. The lowest BCUT2D eigenvalue weighted by molar-refractivity contribution is -0.171. The summed E-state index contributed by atoms with van der Waals surface area (Å²) in [4.78, 5) is 44.9. The molecule has 0 unspecified atom stereocenters. The van der Waals surface area contributed by atoms with Gasteiger partial charge in [0.25, 0.3) is 5.41 Å². The number of carbonyl (C=O) groups excluding carboxylic acids is 2. The molecule has 0 heterocycles. The zero-order chi connectivity index (χ0) is 12.9. The second-order valence-corrected chi connectivity index (χ2v) is 3.31. The minimum Gasteiger partial charge on any atom is -0.480 e. The Hall–Kier alpha value is -1.72. The van der Waals surface area contributed by atoms with E-state index in [-0.39, 0.29) is 19.3 Å². The number of rotatable bonds is 7. The monoisotopic (exact) mass is 230 g/mol.